The van der Waals surface area contributed by atoms with Crippen LogP contribution in [-0.2, 0) is 6.54 Å². The maximum atomic E-state index is 12.4. The van der Waals surface area contributed by atoms with Crippen LogP contribution in [0.4, 0.5) is 13.2 Å². The number of halogens is 4. The summed E-state index contributed by atoms with van der Waals surface area (Å²) in [7, 11) is 0. The molecule has 0 aromatic heterocycles. The van der Waals surface area contributed by atoms with Crippen molar-refractivity contribution in [3.05, 3.63) is 28.2 Å². The van der Waals surface area contributed by atoms with Crippen LogP contribution in [0.1, 0.15) is 38.2 Å². The minimum atomic E-state index is -4.67. The zero-order chi connectivity index (χ0) is 15.5. The van der Waals surface area contributed by atoms with E-state index in [0.29, 0.717) is 22.6 Å². The summed E-state index contributed by atoms with van der Waals surface area (Å²) in [5, 5.41) is 3.34. The third kappa shape index (κ3) is 5.51. The van der Waals surface area contributed by atoms with E-state index in [1.54, 1.807) is 12.1 Å². The van der Waals surface area contributed by atoms with Crippen molar-refractivity contribution in [3.63, 3.8) is 0 Å². The zero-order valence-electron chi connectivity index (χ0n) is 11.8. The Morgan fingerprint density at radius 3 is 2.52 bits per heavy atom. The maximum Gasteiger partial charge on any atom is 0.573 e. The Hall–Kier alpha value is -0.750. The Balaban J connectivity index is 1.99. The van der Waals surface area contributed by atoms with Crippen LogP contribution in [0.3, 0.4) is 0 Å². The Bertz CT molecular complexity index is 470. The summed E-state index contributed by atoms with van der Waals surface area (Å²) in [6, 6.07) is 5.11. The summed E-state index contributed by atoms with van der Waals surface area (Å²) < 4.78 is 42.0. The first-order chi connectivity index (χ1) is 9.83. The molecule has 0 radical (unpaired) electrons. The van der Waals surface area contributed by atoms with Gasteiger partial charge < -0.3 is 10.1 Å². The van der Waals surface area contributed by atoms with Crippen molar-refractivity contribution in [3.8, 4) is 5.75 Å². The van der Waals surface area contributed by atoms with Gasteiger partial charge in [-0.3, -0.25) is 0 Å². The van der Waals surface area contributed by atoms with E-state index in [1.165, 1.54) is 18.9 Å². The molecule has 1 saturated carbocycles. The molecule has 1 fully saturated rings. The Morgan fingerprint density at radius 2 is 1.90 bits per heavy atom. The van der Waals surface area contributed by atoms with Crippen molar-refractivity contribution in [1.29, 1.82) is 0 Å². The maximum absolute atomic E-state index is 12.4. The lowest BCUT2D eigenvalue weighted by Crippen LogP contribution is -2.32. The van der Waals surface area contributed by atoms with Crippen molar-refractivity contribution in [2.75, 3.05) is 0 Å². The molecule has 118 valence electrons. The predicted octanol–water partition coefficient (Wildman–Crippen LogP) is 5.02. The largest absolute Gasteiger partial charge is 0.573 e. The second-order valence-corrected chi connectivity index (χ2v) is 6.55. The van der Waals surface area contributed by atoms with Crippen molar-refractivity contribution in [2.24, 2.45) is 5.92 Å². The highest BCUT2D eigenvalue weighted by molar-refractivity contribution is 9.10. The summed E-state index contributed by atoms with van der Waals surface area (Å²) in [6.45, 7) is 2.62. The van der Waals surface area contributed by atoms with Gasteiger partial charge in [0, 0.05) is 22.6 Å². The van der Waals surface area contributed by atoms with Crippen LogP contribution >= 0.6 is 15.9 Å². The van der Waals surface area contributed by atoms with Gasteiger partial charge in [0.1, 0.15) is 5.75 Å². The fourth-order valence-electron chi connectivity index (χ4n) is 2.61. The smallest absolute Gasteiger partial charge is 0.405 e. The van der Waals surface area contributed by atoms with Gasteiger partial charge >= 0.3 is 6.36 Å². The van der Waals surface area contributed by atoms with E-state index in [4.69, 9.17) is 0 Å². The monoisotopic (exact) mass is 365 g/mol. The second kappa shape index (κ2) is 7.01. The molecule has 1 aromatic carbocycles. The van der Waals surface area contributed by atoms with Gasteiger partial charge in [-0.1, -0.05) is 28.9 Å². The van der Waals surface area contributed by atoms with E-state index in [2.05, 4.69) is 32.9 Å². The van der Waals surface area contributed by atoms with E-state index in [0.717, 1.165) is 18.8 Å². The molecule has 1 aliphatic carbocycles. The van der Waals surface area contributed by atoms with Gasteiger partial charge in [-0.2, -0.15) is 0 Å². The van der Waals surface area contributed by atoms with Gasteiger partial charge in [0.2, 0.25) is 0 Å². The summed E-state index contributed by atoms with van der Waals surface area (Å²) in [5.74, 6) is 0.605. The standard InChI is InChI=1S/C15H19BrF3NO/c1-10-2-6-13(7-3-10)20-9-11-4-5-12(16)8-14(11)21-15(17,18)19/h4-5,8,10,13,20H,2-3,6-7,9H2,1H3/t10-,13+. The SMILES string of the molecule is C[C@H]1CC[C@@H](NCc2ccc(Br)cc2OC(F)(F)F)CC1. The molecular weight excluding hydrogens is 347 g/mol. The van der Waals surface area contributed by atoms with E-state index >= 15 is 0 Å². The Morgan fingerprint density at radius 1 is 1.24 bits per heavy atom. The van der Waals surface area contributed by atoms with Gasteiger partial charge in [0.25, 0.3) is 0 Å². The average Bonchev–Trinajstić information content (AvgIpc) is 2.38. The molecule has 2 nitrogen and oxygen atoms in total. The van der Waals surface area contributed by atoms with Crippen LogP contribution in [-0.4, -0.2) is 12.4 Å². The van der Waals surface area contributed by atoms with Crippen LogP contribution in [0, 0.1) is 5.92 Å². The highest BCUT2D eigenvalue weighted by Gasteiger charge is 2.32. The van der Waals surface area contributed by atoms with E-state index in [1.807, 2.05) is 0 Å². The van der Waals surface area contributed by atoms with Crippen molar-refractivity contribution >= 4 is 15.9 Å². The normalized spacial score (nSPS) is 23.1. The zero-order valence-corrected chi connectivity index (χ0v) is 13.4. The third-order valence-corrected chi connectivity index (χ3v) is 4.35. The van der Waals surface area contributed by atoms with Crippen LogP contribution in [0.15, 0.2) is 22.7 Å². The highest BCUT2D eigenvalue weighted by Crippen LogP contribution is 2.30. The Labute approximate surface area is 131 Å². The van der Waals surface area contributed by atoms with Crippen LogP contribution in [0.2, 0.25) is 0 Å². The van der Waals surface area contributed by atoms with E-state index in [-0.39, 0.29) is 5.75 Å². The van der Waals surface area contributed by atoms with Crippen molar-refractivity contribution in [1.82, 2.24) is 5.32 Å². The lowest BCUT2D eigenvalue weighted by molar-refractivity contribution is -0.274. The Kier molecular flexibility index (Phi) is 5.54. The molecule has 21 heavy (non-hydrogen) atoms. The minimum absolute atomic E-state index is 0.145. The molecule has 0 saturated heterocycles. The molecule has 0 heterocycles. The number of hydrogen-bond acceptors (Lipinski definition) is 2. The molecule has 1 aliphatic rings. The lowest BCUT2D eigenvalue weighted by atomic mass is 9.87. The first-order valence-corrected chi connectivity index (χ1v) is 7.90. The van der Waals surface area contributed by atoms with Gasteiger partial charge in [0.15, 0.2) is 0 Å². The second-order valence-electron chi connectivity index (χ2n) is 5.64. The van der Waals surface area contributed by atoms with Gasteiger partial charge in [0.05, 0.1) is 0 Å². The first-order valence-electron chi connectivity index (χ1n) is 7.11. The number of benzene rings is 1. The van der Waals surface area contributed by atoms with Gasteiger partial charge in [-0.05, 0) is 43.7 Å². The molecule has 0 amide bonds. The minimum Gasteiger partial charge on any atom is -0.405 e. The third-order valence-electron chi connectivity index (χ3n) is 3.85. The van der Waals surface area contributed by atoms with Gasteiger partial charge in [-0.15, -0.1) is 13.2 Å². The molecule has 0 bridgehead atoms. The summed E-state index contributed by atoms with van der Waals surface area (Å²) in [5.41, 5.74) is 0.522. The number of ether oxygens (including phenoxy) is 1. The van der Waals surface area contributed by atoms with Crippen molar-refractivity contribution < 1.29 is 17.9 Å². The summed E-state index contributed by atoms with van der Waals surface area (Å²) in [6.07, 6.45) is -0.177. The molecule has 0 unspecified atom stereocenters. The van der Waals surface area contributed by atoms with Crippen LogP contribution < -0.4 is 10.1 Å². The number of hydrogen-bond donors (Lipinski definition) is 1. The van der Waals surface area contributed by atoms with Gasteiger partial charge in [-0.25, -0.2) is 0 Å². The highest BCUT2D eigenvalue weighted by atomic mass is 79.9. The van der Waals surface area contributed by atoms with Crippen LogP contribution in [0.25, 0.3) is 0 Å². The molecular formula is C15H19BrF3NO. The molecule has 2 rings (SSSR count). The molecule has 1 N–H and O–H groups in total. The molecule has 1 aromatic rings. The fraction of sp³-hybridized carbons (Fsp3) is 0.600. The molecule has 6 heteroatoms. The lowest BCUT2D eigenvalue weighted by Gasteiger charge is -2.27. The van der Waals surface area contributed by atoms with E-state index in [9.17, 15) is 13.2 Å². The predicted molar refractivity (Wildman–Crippen MR) is 79.1 cm³/mol. The number of alkyl halides is 3. The average molecular weight is 366 g/mol. The van der Waals surface area contributed by atoms with E-state index < -0.39 is 6.36 Å². The van der Waals surface area contributed by atoms with Crippen molar-refractivity contribution in [2.45, 2.75) is 51.6 Å². The molecule has 0 spiro atoms. The molecule has 0 aliphatic heterocycles. The quantitative estimate of drug-likeness (QED) is 0.808. The summed E-state index contributed by atoms with van der Waals surface area (Å²) >= 11 is 3.17. The first kappa shape index (κ1) is 16.6. The molecule has 0 atom stereocenters. The fourth-order valence-corrected chi connectivity index (χ4v) is 2.95. The topological polar surface area (TPSA) is 21.3 Å². The number of rotatable bonds is 4. The summed E-state index contributed by atoms with van der Waals surface area (Å²) in [4.78, 5) is 0. The van der Waals surface area contributed by atoms with Crippen LogP contribution in [0.5, 0.6) is 5.75 Å². The number of nitrogens with one attached hydrogen (secondary N) is 1.